The van der Waals surface area contributed by atoms with Crippen molar-refractivity contribution in [3.05, 3.63) is 212 Å². The first-order valence-corrected chi connectivity index (χ1v) is 20.6. The van der Waals surface area contributed by atoms with Gasteiger partial charge in [-0.25, -0.2) is 0 Å². The SMILES string of the molecule is Cc1ccccc1CC(O)(Cc1ccccc1C)[C@H](NC(=O)CC(=O)N[C@H](c1ccccc1C)C(O)(Cc1ccccc1C)Cc1ccccc1C)c1ccccc1C. The highest BCUT2D eigenvalue weighted by atomic mass is 16.3. The maximum absolute atomic E-state index is 14.4. The lowest BCUT2D eigenvalue weighted by molar-refractivity contribution is -0.133. The van der Waals surface area contributed by atoms with E-state index in [4.69, 9.17) is 0 Å². The van der Waals surface area contributed by atoms with Gasteiger partial charge in [0.25, 0.3) is 0 Å². The molecule has 304 valence electrons. The molecule has 0 aliphatic carbocycles. The van der Waals surface area contributed by atoms with Gasteiger partial charge in [-0.1, -0.05) is 146 Å². The Morgan fingerprint density at radius 1 is 0.407 bits per heavy atom. The van der Waals surface area contributed by atoms with E-state index >= 15 is 0 Å². The van der Waals surface area contributed by atoms with E-state index < -0.39 is 41.5 Å². The molecule has 0 heterocycles. The number of aliphatic hydroxyl groups is 2. The van der Waals surface area contributed by atoms with Gasteiger partial charge in [0.15, 0.2) is 0 Å². The second-order valence-corrected chi connectivity index (χ2v) is 16.5. The Bertz CT molecular complexity index is 2140. The summed E-state index contributed by atoms with van der Waals surface area (Å²) in [4.78, 5) is 28.8. The third-order valence-corrected chi connectivity index (χ3v) is 12.0. The van der Waals surface area contributed by atoms with Gasteiger partial charge in [-0.3, -0.25) is 9.59 Å². The third-order valence-electron chi connectivity index (χ3n) is 12.0. The Hall–Kier alpha value is -5.82. The third kappa shape index (κ3) is 10.4. The molecule has 0 spiro atoms. The predicted octanol–water partition coefficient (Wildman–Crippen LogP) is 9.38. The molecule has 6 rings (SSSR count). The van der Waals surface area contributed by atoms with Crippen LogP contribution in [-0.2, 0) is 35.3 Å². The van der Waals surface area contributed by atoms with E-state index in [1.165, 1.54) is 0 Å². The average molecular weight is 787 g/mol. The van der Waals surface area contributed by atoms with Crippen LogP contribution >= 0.6 is 0 Å². The number of nitrogens with one attached hydrogen (secondary N) is 2. The summed E-state index contributed by atoms with van der Waals surface area (Å²) in [5.74, 6) is -1.07. The molecule has 0 bridgehead atoms. The van der Waals surface area contributed by atoms with Gasteiger partial charge < -0.3 is 20.8 Å². The molecule has 2 atom stereocenters. The van der Waals surface area contributed by atoms with Crippen LogP contribution in [0.3, 0.4) is 0 Å². The number of carbonyl (C=O) groups is 2. The van der Waals surface area contributed by atoms with E-state index in [2.05, 4.69) is 10.6 Å². The van der Waals surface area contributed by atoms with Crippen LogP contribution in [0.4, 0.5) is 0 Å². The molecule has 0 saturated carbocycles. The van der Waals surface area contributed by atoms with Crippen LogP contribution in [0.25, 0.3) is 0 Å². The second-order valence-electron chi connectivity index (χ2n) is 16.5. The highest BCUT2D eigenvalue weighted by Crippen LogP contribution is 2.38. The van der Waals surface area contributed by atoms with Gasteiger partial charge in [0.1, 0.15) is 6.42 Å². The van der Waals surface area contributed by atoms with Gasteiger partial charge in [-0.15, -0.1) is 0 Å². The average Bonchev–Trinajstić information content (AvgIpc) is 3.20. The molecular formula is C53H58N2O4. The van der Waals surface area contributed by atoms with Crippen LogP contribution in [0.2, 0.25) is 0 Å². The summed E-state index contributed by atoms with van der Waals surface area (Å²) in [5.41, 5.74) is 8.42. The first-order chi connectivity index (χ1) is 28.3. The summed E-state index contributed by atoms with van der Waals surface area (Å²) in [5, 5.41) is 32.5. The molecule has 6 nitrogen and oxygen atoms in total. The Morgan fingerprint density at radius 3 is 0.898 bits per heavy atom. The van der Waals surface area contributed by atoms with Crippen LogP contribution in [0.15, 0.2) is 146 Å². The van der Waals surface area contributed by atoms with Crippen molar-refractivity contribution in [1.82, 2.24) is 10.6 Å². The minimum absolute atomic E-state index is 0.264. The fourth-order valence-corrected chi connectivity index (χ4v) is 8.48. The largest absolute Gasteiger partial charge is 0.387 e. The van der Waals surface area contributed by atoms with Gasteiger partial charge in [0.2, 0.25) is 11.8 Å². The Labute approximate surface area is 350 Å². The number of carbonyl (C=O) groups excluding carboxylic acids is 2. The molecule has 6 aromatic rings. The zero-order chi connectivity index (χ0) is 42.2. The van der Waals surface area contributed by atoms with Crippen LogP contribution in [0.5, 0.6) is 0 Å². The number of aryl methyl sites for hydroxylation is 6. The molecule has 6 aromatic carbocycles. The lowest BCUT2D eigenvalue weighted by Crippen LogP contribution is -2.52. The normalized spacial score (nSPS) is 12.7. The number of hydrogen-bond donors (Lipinski definition) is 4. The summed E-state index contributed by atoms with van der Waals surface area (Å²) in [6.07, 6.45) is 0.541. The molecule has 0 aliphatic rings. The minimum atomic E-state index is -1.48. The molecule has 59 heavy (non-hydrogen) atoms. The van der Waals surface area contributed by atoms with Gasteiger partial charge in [0, 0.05) is 25.7 Å². The number of benzene rings is 6. The number of amides is 2. The first-order valence-electron chi connectivity index (χ1n) is 20.6. The standard InChI is InChI=1S/C53H58N2O4/c1-36-19-7-13-25-42(36)32-52(58,33-43-26-14-8-20-37(43)2)50(46-29-17-11-23-40(46)5)54-48(56)31-49(57)55-51(47-30-18-12-24-41(47)6)53(59,34-44-27-15-9-21-38(44)3)35-45-28-16-10-22-39(45)4/h7-30,50-51,58-59H,31-35H2,1-6H3,(H,54,56)(H,55,57)/t50-,51-/m1/s1. The Kier molecular flexibility index (Phi) is 13.7. The monoisotopic (exact) mass is 786 g/mol. The zero-order valence-electron chi connectivity index (χ0n) is 35.3. The van der Waals surface area contributed by atoms with Crippen LogP contribution < -0.4 is 10.6 Å². The zero-order valence-corrected chi connectivity index (χ0v) is 35.3. The van der Waals surface area contributed by atoms with Crippen molar-refractivity contribution in [3.8, 4) is 0 Å². The quantitative estimate of drug-likeness (QED) is 0.0736. The fourth-order valence-electron chi connectivity index (χ4n) is 8.48. The van der Waals surface area contributed by atoms with Crippen LogP contribution in [-0.4, -0.2) is 33.2 Å². The van der Waals surface area contributed by atoms with Crippen molar-refractivity contribution >= 4 is 11.8 Å². The Morgan fingerprint density at radius 2 is 0.644 bits per heavy atom. The van der Waals surface area contributed by atoms with E-state index in [0.717, 1.165) is 66.8 Å². The van der Waals surface area contributed by atoms with E-state index in [9.17, 15) is 19.8 Å². The molecular weight excluding hydrogens is 729 g/mol. The minimum Gasteiger partial charge on any atom is -0.387 e. The highest BCUT2D eigenvalue weighted by molar-refractivity contribution is 5.97. The number of hydrogen-bond acceptors (Lipinski definition) is 4. The maximum Gasteiger partial charge on any atom is 0.230 e. The van der Waals surface area contributed by atoms with Crippen molar-refractivity contribution < 1.29 is 19.8 Å². The first kappa shape index (κ1) is 42.8. The fraction of sp³-hybridized carbons (Fsp3) is 0.283. The summed E-state index contributed by atoms with van der Waals surface area (Å²) >= 11 is 0. The Balaban J connectivity index is 1.36. The van der Waals surface area contributed by atoms with E-state index in [0.29, 0.717) is 0 Å². The van der Waals surface area contributed by atoms with Crippen LogP contribution in [0.1, 0.15) is 85.3 Å². The molecule has 2 amide bonds. The van der Waals surface area contributed by atoms with E-state index in [1.807, 2.05) is 187 Å². The molecule has 0 aliphatic heterocycles. The molecule has 0 saturated heterocycles. The van der Waals surface area contributed by atoms with E-state index in [-0.39, 0.29) is 25.7 Å². The summed E-state index contributed by atoms with van der Waals surface area (Å²) < 4.78 is 0. The maximum atomic E-state index is 14.4. The number of rotatable bonds is 16. The smallest absolute Gasteiger partial charge is 0.230 e. The van der Waals surface area contributed by atoms with Gasteiger partial charge >= 0.3 is 0 Å². The summed E-state index contributed by atoms with van der Waals surface area (Å²) in [6.45, 7) is 12.1. The second kappa shape index (κ2) is 18.8. The topological polar surface area (TPSA) is 98.7 Å². The van der Waals surface area contributed by atoms with Crippen molar-refractivity contribution in [3.63, 3.8) is 0 Å². The van der Waals surface area contributed by atoms with Crippen molar-refractivity contribution in [2.45, 2.75) is 96.9 Å². The van der Waals surface area contributed by atoms with Crippen LogP contribution in [0, 0.1) is 41.5 Å². The molecule has 0 aromatic heterocycles. The lowest BCUT2D eigenvalue weighted by atomic mass is 9.76. The molecule has 6 heteroatoms. The van der Waals surface area contributed by atoms with Gasteiger partial charge in [-0.2, -0.15) is 0 Å². The lowest BCUT2D eigenvalue weighted by Gasteiger charge is -2.40. The van der Waals surface area contributed by atoms with Crippen molar-refractivity contribution in [1.29, 1.82) is 0 Å². The molecule has 0 unspecified atom stereocenters. The molecule has 0 radical (unpaired) electrons. The highest BCUT2D eigenvalue weighted by Gasteiger charge is 2.43. The summed E-state index contributed by atoms with van der Waals surface area (Å²) in [6, 6.07) is 45.7. The van der Waals surface area contributed by atoms with Crippen molar-refractivity contribution in [2.24, 2.45) is 0 Å². The molecule has 0 fully saturated rings. The van der Waals surface area contributed by atoms with Gasteiger partial charge in [0.05, 0.1) is 23.3 Å². The van der Waals surface area contributed by atoms with Crippen molar-refractivity contribution in [2.75, 3.05) is 0 Å². The predicted molar refractivity (Wildman–Crippen MR) is 238 cm³/mol. The molecule has 4 N–H and O–H groups in total. The van der Waals surface area contributed by atoms with E-state index in [1.54, 1.807) is 0 Å². The summed E-state index contributed by atoms with van der Waals surface area (Å²) in [7, 11) is 0. The van der Waals surface area contributed by atoms with Gasteiger partial charge in [-0.05, 0) is 108 Å².